The fourth-order valence-electron chi connectivity index (χ4n) is 2.96. The SMILES string of the molecule is Cc1ccc(C[C@@H]2CCCN2C(=O)c2cnc(C)cn2)cc1. The molecule has 1 fully saturated rings. The topological polar surface area (TPSA) is 46.1 Å². The first-order valence-corrected chi connectivity index (χ1v) is 7.78. The Morgan fingerprint density at radius 1 is 1.18 bits per heavy atom. The lowest BCUT2D eigenvalue weighted by Crippen LogP contribution is -2.37. The van der Waals surface area contributed by atoms with Crippen molar-refractivity contribution in [3.63, 3.8) is 0 Å². The van der Waals surface area contributed by atoms with Gasteiger partial charge in [-0.1, -0.05) is 29.8 Å². The summed E-state index contributed by atoms with van der Waals surface area (Å²) >= 11 is 0. The Morgan fingerprint density at radius 2 is 1.95 bits per heavy atom. The van der Waals surface area contributed by atoms with Crippen LogP contribution in [0, 0.1) is 13.8 Å². The van der Waals surface area contributed by atoms with E-state index in [0.717, 1.165) is 31.5 Å². The summed E-state index contributed by atoms with van der Waals surface area (Å²) in [4.78, 5) is 23.0. The quantitative estimate of drug-likeness (QED) is 0.874. The highest BCUT2D eigenvalue weighted by Gasteiger charge is 2.30. The van der Waals surface area contributed by atoms with Gasteiger partial charge in [-0.3, -0.25) is 9.78 Å². The lowest BCUT2D eigenvalue weighted by molar-refractivity contribution is 0.0730. The Kier molecular flexibility index (Phi) is 4.18. The molecular formula is C18H21N3O. The zero-order chi connectivity index (χ0) is 15.5. The van der Waals surface area contributed by atoms with E-state index in [4.69, 9.17) is 0 Å². The van der Waals surface area contributed by atoms with Crippen molar-refractivity contribution >= 4 is 5.91 Å². The Labute approximate surface area is 131 Å². The van der Waals surface area contributed by atoms with E-state index >= 15 is 0 Å². The second-order valence-electron chi connectivity index (χ2n) is 6.03. The summed E-state index contributed by atoms with van der Waals surface area (Å²) in [6, 6.07) is 8.83. The Hall–Kier alpha value is -2.23. The number of aryl methyl sites for hydroxylation is 2. The minimum absolute atomic E-state index is 0.00196. The van der Waals surface area contributed by atoms with Crippen LogP contribution in [-0.2, 0) is 6.42 Å². The van der Waals surface area contributed by atoms with Gasteiger partial charge >= 0.3 is 0 Å². The molecule has 0 saturated carbocycles. The van der Waals surface area contributed by atoms with Crippen LogP contribution >= 0.6 is 0 Å². The van der Waals surface area contributed by atoms with Crippen LogP contribution in [0.5, 0.6) is 0 Å². The van der Waals surface area contributed by atoms with Crippen molar-refractivity contribution in [3.8, 4) is 0 Å². The van der Waals surface area contributed by atoms with Gasteiger partial charge < -0.3 is 4.90 Å². The third kappa shape index (κ3) is 3.16. The Bertz CT molecular complexity index is 649. The van der Waals surface area contributed by atoms with Gasteiger partial charge in [0.1, 0.15) is 5.69 Å². The van der Waals surface area contributed by atoms with E-state index in [0.29, 0.717) is 5.69 Å². The molecule has 2 heterocycles. The molecule has 1 aromatic heterocycles. The zero-order valence-electron chi connectivity index (χ0n) is 13.1. The van der Waals surface area contributed by atoms with Crippen molar-refractivity contribution in [2.45, 2.75) is 39.2 Å². The van der Waals surface area contributed by atoms with Gasteiger partial charge in [-0.15, -0.1) is 0 Å². The van der Waals surface area contributed by atoms with Crippen molar-refractivity contribution in [1.82, 2.24) is 14.9 Å². The molecule has 1 aromatic carbocycles. The summed E-state index contributed by atoms with van der Waals surface area (Å²) in [5, 5.41) is 0. The number of carbonyl (C=O) groups is 1. The zero-order valence-corrected chi connectivity index (χ0v) is 13.1. The van der Waals surface area contributed by atoms with Crippen molar-refractivity contribution in [2.24, 2.45) is 0 Å². The van der Waals surface area contributed by atoms with E-state index in [1.165, 1.54) is 11.1 Å². The largest absolute Gasteiger partial charge is 0.334 e. The maximum atomic E-state index is 12.6. The summed E-state index contributed by atoms with van der Waals surface area (Å²) in [6.07, 6.45) is 6.25. The smallest absolute Gasteiger partial charge is 0.274 e. The summed E-state index contributed by atoms with van der Waals surface area (Å²) in [6.45, 7) is 4.77. The second-order valence-corrected chi connectivity index (χ2v) is 6.03. The first kappa shape index (κ1) is 14.7. The van der Waals surface area contributed by atoms with E-state index < -0.39 is 0 Å². The molecule has 2 aromatic rings. The molecule has 1 atom stereocenters. The van der Waals surface area contributed by atoms with Crippen molar-refractivity contribution in [3.05, 3.63) is 59.2 Å². The van der Waals surface area contributed by atoms with Crippen LogP contribution in [0.2, 0.25) is 0 Å². The maximum absolute atomic E-state index is 12.6. The van der Waals surface area contributed by atoms with Gasteiger partial charge in [0.05, 0.1) is 11.9 Å². The molecule has 1 aliphatic rings. The third-order valence-corrected chi connectivity index (χ3v) is 4.23. The molecule has 1 aliphatic heterocycles. The van der Waals surface area contributed by atoms with Gasteiger partial charge in [0.2, 0.25) is 0 Å². The monoisotopic (exact) mass is 295 g/mol. The molecule has 114 valence electrons. The fraction of sp³-hybridized carbons (Fsp3) is 0.389. The number of hydrogen-bond acceptors (Lipinski definition) is 3. The minimum atomic E-state index is 0.00196. The number of likely N-dealkylation sites (tertiary alicyclic amines) is 1. The molecule has 3 rings (SSSR count). The number of nitrogens with zero attached hydrogens (tertiary/aromatic N) is 3. The molecule has 0 aliphatic carbocycles. The predicted molar refractivity (Wildman–Crippen MR) is 85.7 cm³/mol. The number of benzene rings is 1. The van der Waals surface area contributed by atoms with Crippen LogP contribution in [0.15, 0.2) is 36.7 Å². The highest BCUT2D eigenvalue weighted by molar-refractivity contribution is 5.92. The number of rotatable bonds is 3. The average Bonchev–Trinajstić information content (AvgIpc) is 2.98. The lowest BCUT2D eigenvalue weighted by Gasteiger charge is -2.24. The summed E-state index contributed by atoms with van der Waals surface area (Å²) in [5.74, 6) is 0.00196. The van der Waals surface area contributed by atoms with E-state index in [1.807, 2.05) is 11.8 Å². The standard InChI is InChI=1S/C18H21N3O/c1-13-5-7-15(8-6-13)10-16-4-3-9-21(16)18(22)17-12-19-14(2)11-20-17/h5-8,11-12,16H,3-4,9-10H2,1-2H3/t16-/m0/s1. The van der Waals surface area contributed by atoms with Gasteiger partial charge in [0.15, 0.2) is 0 Å². The molecule has 4 nitrogen and oxygen atoms in total. The first-order chi connectivity index (χ1) is 10.6. The van der Waals surface area contributed by atoms with Crippen LogP contribution in [0.3, 0.4) is 0 Å². The summed E-state index contributed by atoms with van der Waals surface area (Å²) in [5.41, 5.74) is 3.82. The molecule has 0 radical (unpaired) electrons. The molecule has 1 saturated heterocycles. The molecule has 1 amide bonds. The van der Waals surface area contributed by atoms with Crippen LogP contribution in [0.1, 0.15) is 40.2 Å². The molecule has 0 N–H and O–H groups in total. The molecular weight excluding hydrogens is 274 g/mol. The molecule has 0 unspecified atom stereocenters. The van der Waals surface area contributed by atoms with Crippen LogP contribution in [0.4, 0.5) is 0 Å². The number of hydrogen-bond donors (Lipinski definition) is 0. The summed E-state index contributed by atoms with van der Waals surface area (Å²) < 4.78 is 0. The third-order valence-electron chi connectivity index (χ3n) is 4.23. The van der Waals surface area contributed by atoms with Gasteiger partial charge in [0, 0.05) is 18.8 Å². The number of aromatic nitrogens is 2. The highest BCUT2D eigenvalue weighted by atomic mass is 16.2. The number of carbonyl (C=O) groups excluding carboxylic acids is 1. The normalized spacial score (nSPS) is 17.7. The van der Waals surface area contributed by atoms with Gasteiger partial charge in [-0.25, -0.2) is 4.98 Å². The second kappa shape index (κ2) is 6.26. The predicted octanol–water partition coefficient (Wildman–Crippen LogP) is 2.94. The van der Waals surface area contributed by atoms with Crippen molar-refractivity contribution in [2.75, 3.05) is 6.54 Å². The maximum Gasteiger partial charge on any atom is 0.274 e. The summed E-state index contributed by atoms with van der Waals surface area (Å²) in [7, 11) is 0. The fourth-order valence-corrected chi connectivity index (χ4v) is 2.96. The minimum Gasteiger partial charge on any atom is -0.334 e. The van der Waals surface area contributed by atoms with E-state index in [2.05, 4.69) is 41.2 Å². The first-order valence-electron chi connectivity index (χ1n) is 7.78. The van der Waals surface area contributed by atoms with E-state index in [9.17, 15) is 4.79 Å². The Balaban J connectivity index is 1.73. The van der Waals surface area contributed by atoms with Gasteiger partial charge in [-0.2, -0.15) is 0 Å². The van der Waals surface area contributed by atoms with Crippen LogP contribution < -0.4 is 0 Å². The van der Waals surface area contributed by atoms with Crippen molar-refractivity contribution < 1.29 is 4.79 Å². The lowest BCUT2D eigenvalue weighted by atomic mass is 10.0. The van der Waals surface area contributed by atoms with Crippen LogP contribution in [-0.4, -0.2) is 33.4 Å². The molecule has 0 bridgehead atoms. The van der Waals surface area contributed by atoms with Gasteiger partial charge in [0.25, 0.3) is 5.91 Å². The molecule has 22 heavy (non-hydrogen) atoms. The van der Waals surface area contributed by atoms with Gasteiger partial charge in [-0.05, 0) is 38.7 Å². The van der Waals surface area contributed by atoms with E-state index in [-0.39, 0.29) is 11.9 Å². The Morgan fingerprint density at radius 3 is 2.64 bits per heavy atom. The average molecular weight is 295 g/mol. The number of amides is 1. The molecule has 4 heteroatoms. The van der Waals surface area contributed by atoms with Crippen LogP contribution in [0.25, 0.3) is 0 Å². The molecule has 0 spiro atoms. The van der Waals surface area contributed by atoms with E-state index in [1.54, 1.807) is 12.4 Å². The highest BCUT2D eigenvalue weighted by Crippen LogP contribution is 2.23. The van der Waals surface area contributed by atoms with Crippen molar-refractivity contribution in [1.29, 1.82) is 0 Å².